The SMILES string of the molecule is CC(=O)NCCOC(=O)[C@H](Cc1ccc2ccccc2c1)NC(=O)N(CC(C)C)[C@@H](CO)C(=O)OCCNC(C)=O. The normalized spacial score (nSPS) is 12.2. The summed E-state index contributed by atoms with van der Waals surface area (Å²) in [6, 6.07) is 10.1. The molecule has 224 valence electrons. The molecule has 0 radical (unpaired) electrons. The summed E-state index contributed by atoms with van der Waals surface area (Å²) in [6.07, 6.45) is 0.0933. The Morgan fingerprint density at radius 3 is 2.00 bits per heavy atom. The largest absolute Gasteiger partial charge is 0.462 e. The first kappa shape index (κ1) is 33.0. The number of ether oxygens (including phenoxy) is 2. The monoisotopic (exact) mass is 572 g/mol. The van der Waals surface area contributed by atoms with Crippen LogP contribution in [0.15, 0.2) is 42.5 Å². The minimum Gasteiger partial charge on any atom is -0.462 e. The first-order valence-electron chi connectivity index (χ1n) is 13.5. The maximum absolute atomic E-state index is 13.5. The summed E-state index contributed by atoms with van der Waals surface area (Å²) in [7, 11) is 0. The van der Waals surface area contributed by atoms with Gasteiger partial charge >= 0.3 is 18.0 Å². The van der Waals surface area contributed by atoms with Gasteiger partial charge in [-0.1, -0.05) is 56.3 Å². The Labute approximate surface area is 239 Å². The van der Waals surface area contributed by atoms with Crippen molar-refractivity contribution in [1.29, 1.82) is 0 Å². The minimum atomic E-state index is -1.34. The van der Waals surface area contributed by atoms with Gasteiger partial charge in [0.25, 0.3) is 0 Å². The fourth-order valence-corrected chi connectivity index (χ4v) is 4.03. The Kier molecular flexibility index (Phi) is 13.5. The van der Waals surface area contributed by atoms with Crippen LogP contribution >= 0.6 is 0 Å². The highest BCUT2D eigenvalue weighted by Gasteiger charge is 2.34. The standard InChI is InChI=1S/C29H40N4O8/c1-19(2)17-33(26(18-34)28(38)41-14-12-31-21(4)36)29(39)32-25(27(37)40-13-11-30-20(3)35)16-22-9-10-23-7-5-6-8-24(23)15-22/h5-10,15,19,25-26,34H,11-14,16-18H2,1-4H3,(H,30,35)(H,31,36)(H,32,39)/t25-,26-/m0/s1. The molecule has 4 N–H and O–H groups in total. The summed E-state index contributed by atoms with van der Waals surface area (Å²) < 4.78 is 10.5. The molecule has 2 aromatic carbocycles. The van der Waals surface area contributed by atoms with E-state index in [4.69, 9.17) is 9.47 Å². The predicted octanol–water partition coefficient (Wildman–Crippen LogP) is 1.14. The predicted molar refractivity (Wildman–Crippen MR) is 152 cm³/mol. The van der Waals surface area contributed by atoms with Gasteiger partial charge in [-0.05, 0) is 22.3 Å². The molecule has 2 atom stereocenters. The summed E-state index contributed by atoms with van der Waals surface area (Å²) >= 11 is 0. The van der Waals surface area contributed by atoms with Crippen molar-refractivity contribution in [2.24, 2.45) is 5.92 Å². The summed E-state index contributed by atoms with van der Waals surface area (Å²) in [4.78, 5) is 62.7. The van der Waals surface area contributed by atoms with Gasteiger partial charge in [0.05, 0.1) is 19.7 Å². The molecule has 0 spiro atoms. The minimum absolute atomic E-state index is 0.0771. The van der Waals surface area contributed by atoms with E-state index < -0.39 is 36.7 Å². The van der Waals surface area contributed by atoms with Gasteiger partial charge in [-0.2, -0.15) is 0 Å². The van der Waals surface area contributed by atoms with Crippen molar-refractivity contribution in [3.05, 3.63) is 48.0 Å². The number of aliphatic hydroxyl groups is 1. The van der Waals surface area contributed by atoms with Gasteiger partial charge in [-0.15, -0.1) is 0 Å². The van der Waals surface area contributed by atoms with Crippen molar-refractivity contribution in [2.45, 2.75) is 46.2 Å². The first-order valence-corrected chi connectivity index (χ1v) is 13.5. The lowest BCUT2D eigenvalue weighted by Crippen LogP contribution is -2.56. The van der Waals surface area contributed by atoms with E-state index in [1.54, 1.807) is 0 Å². The van der Waals surface area contributed by atoms with Crippen molar-refractivity contribution >= 4 is 40.6 Å². The molecule has 0 bridgehead atoms. The molecule has 0 aliphatic carbocycles. The molecule has 0 aliphatic rings. The van der Waals surface area contributed by atoms with E-state index in [9.17, 15) is 29.1 Å². The zero-order valence-corrected chi connectivity index (χ0v) is 24.0. The van der Waals surface area contributed by atoms with Crippen molar-refractivity contribution in [3.63, 3.8) is 0 Å². The number of amides is 4. The Balaban J connectivity index is 2.24. The molecule has 2 rings (SSSR count). The number of benzene rings is 2. The molecular formula is C29H40N4O8. The van der Waals surface area contributed by atoms with E-state index in [2.05, 4.69) is 16.0 Å². The molecule has 12 nitrogen and oxygen atoms in total. The Morgan fingerprint density at radius 1 is 0.854 bits per heavy atom. The highest BCUT2D eigenvalue weighted by Crippen LogP contribution is 2.17. The van der Waals surface area contributed by atoms with Gasteiger partial charge in [0.1, 0.15) is 19.3 Å². The summed E-state index contributed by atoms with van der Waals surface area (Å²) in [6.45, 7) is 5.65. The number of nitrogens with one attached hydrogen (secondary N) is 3. The lowest BCUT2D eigenvalue weighted by Gasteiger charge is -2.32. The van der Waals surface area contributed by atoms with Gasteiger partial charge in [-0.3, -0.25) is 9.59 Å². The van der Waals surface area contributed by atoms with Crippen LogP contribution in [0.25, 0.3) is 10.8 Å². The van der Waals surface area contributed by atoms with Crippen molar-refractivity contribution < 1.29 is 38.6 Å². The van der Waals surface area contributed by atoms with E-state index >= 15 is 0 Å². The maximum Gasteiger partial charge on any atom is 0.331 e. The lowest BCUT2D eigenvalue weighted by atomic mass is 10.0. The van der Waals surface area contributed by atoms with Crippen LogP contribution in [0.2, 0.25) is 0 Å². The van der Waals surface area contributed by atoms with Gasteiger partial charge in [0.2, 0.25) is 11.8 Å². The topological polar surface area (TPSA) is 163 Å². The number of esters is 2. The number of carbonyl (C=O) groups is 5. The van der Waals surface area contributed by atoms with Crippen LogP contribution in [0.5, 0.6) is 0 Å². The third-order valence-corrected chi connectivity index (χ3v) is 5.92. The number of aliphatic hydroxyl groups excluding tert-OH is 1. The number of nitrogens with zero attached hydrogens (tertiary/aromatic N) is 1. The van der Waals surface area contributed by atoms with Gasteiger partial charge in [0, 0.05) is 26.8 Å². The van der Waals surface area contributed by atoms with Crippen LogP contribution in [-0.2, 0) is 35.1 Å². The van der Waals surface area contributed by atoms with Crippen molar-refractivity contribution in [2.75, 3.05) is 39.5 Å². The molecule has 0 unspecified atom stereocenters. The van der Waals surface area contributed by atoms with Crippen LogP contribution in [-0.4, -0.2) is 91.3 Å². The summed E-state index contributed by atoms with van der Waals surface area (Å²) in [5, 5.41) is 19.7. The van der Waals surface area contributed by atoms with Crippen LogP contribution in [0.1, 0.15) is 33.3 Å². The highest BCUT2D eigenvalue weighted by molar-refractivity contribution is 5.88. The van der Waals surface area contributed by atoms with E-state index in [1.165, 1.54) is 13.8 Å². The van der Waals surface area contributed by atoms with E-state index in [-0.39, 0.29) is 57.0 Å². The van der Waals surface area contributed by atoms with Crippen molar-refractivity contribution in [1.82, 2.24) is 20.9 Å². The molecule has 0 saturated carbocycles. The van der Waals surface area contributed by atoms with Crippen LogP contribution in [0.3, 0.4) is 0 Å². The van der Waals surface area contributed by atoms with E-state index in [1.807, 2.05) is 56.3 Å². The third-order valence-electron chi connectivity index (χ3n) is 5.92. The second kappa shape index (κ2) is 16.8. The lowest BCUT2D eigenvalue weighted by molar-refractivity contribution is -0.150. The average Bonchev–Trinajstić information content (AvgIpc) is 2.92. The van der Waals surface area contributed by atoms with Gasteiger partial charge in [-0.25, -0.2) is 14.4 Å². The molecular weight excluding hydrogens is 532 g/mol. The number of fused-ring (bicyclic) bond motifs is 1. The molecule has 2 aromatic rings. The smallest absolute Gasteiger partial charge is 0.331 e. The third kappa shape index (κ3) is 11.4. The highest BCUT2D eigenvalue weighted by atomic mass is 16.5. The number of rotatable bonds is 15. The Morgan fingerprint density at radius 2 is 1.44 bits per heavy atom. The van der Waals surface area contributed by atoms with Crippen LogP contribution in [0, 0.1) is 5.92 Å². The van der Waals surface area contributed by atoms with Crippen LogP contribution < -0.4 is 16.0 Å². The molecule has 0 fully saturated rings. The van der Waals surface area contributed by atoms with Gasteiger partial charge < -0.3 is 35.4 Å². The second-order valence-electron chi connectivity index (χ2n) is 9.93. The zero-order chi connectivity index (χ0) is 30.4. The molecule has 41 heavy (non-hydrogen) atoms. The number of carbonyl (C=O) groups excluding carboxylic acids is 5. The van der Waals surface area contributed by atoms with Crippen molar-refractivity contribution in [3.8, 4) is 0 Å². The van der Waals surface area contributed by atoms with E-state index in [0.717, 1.165) is 21.2 Å². The fourth-order valence-electron chi connectivity index (χ4n) is 4.03. The van der Waals surface area contributed by atoms with E-state index in [0.29, 0.717) is 0 Å². The second-order valence-corrected chi connectivity index (χ2v) is 9.93. The fraction of sp³-hybridized carbons (Fsp3) is 0.483. The number of hydrogen-bond donors (Lipinski definition) is 4. The molecule has 12 heteroatoms. The number of urea groups is 1. The van der Waals surface area contributed by atoms with Crippen LogP contribution in [0.4, 0.5) is 4.79 Å². The molecule has 0 heterocycles. The molecule has 4 amide bonds. The molecule has 0 saturated heterocycles. The summed E-state index contributed by atoms with van der Waals surface area (Å²) in [5.74, 6) is -2.23. The van der Waals surface area contributed by atoms with Gasteiger partial charge in [0.15, 0.2) is 6.04 Å². The Hall–Kier alpha value is -4.19. The number of hydrogen-bond acceptors (Lipinski definition) is 8. The Bertz CT molecular complexity index is 1200. The maximum atomic E-state index is 13.5. The summed E-state index contributed by atoms with van der Waals surface area (Å²) in [5.41, 5.74) is 0.763. The molecule has 0 aromatic heterocycles. The first-order chi connectivity index (χ1) is 19.5. The average molecular weight is 573 g/mol. The molecule has 0 aliphatic heterocycles. The zero-order valence-electron chi connectivity index (χ0n) is 24.0. The quantitative estimate of drug-likeness (QED) is 0.182.